The number of anilines is 3. The summed E-state index contributed by atoms with van der Waals surface area (Å²) in [7, 11) is 0. The number of thiophene rings is 1. The molecule has 0 aliphatic rings. The molecule has 0 aliphatic heterocycles. The molecule has 6 nitrogen and oxygen atoms in total. The average Bonchev–Trinajstić information content (AvgIpc) is 3.03. The zero-order valence-electron chi connectivity index (χ0n) is 16.0. The molecule has 154 valence electrons. The Bertz CT molecular complexity index is 1130. The maximum Gasteiger partial charge on any atom is 0.266 e. The van der Waals surface area contributed by atoms with Gasteiger partial charge < -0.3 is 16.0 Å². The van der Waals surface area contributed by atoms with Gasteiger partial charge in [0.1, 0.15) is 5.82 Å². The number of carbonyl (C=O) groups is 3. The van der Waals surface area contributed by atoms with Crippen molar-refractivity contribution in [1.82, 2.24) is 0 Å². The number of amides is 3. The van der Waals surface area contributed by atoms with Gasteiger partial charge in [-0.3, -0.25) is 14.4 Å². The molecule has 3 aromatic rings. The molecule has 9 heteroatoms. The lowest BCUT2D eigenvalue weighted by molar-refractivity contribution is -0.114. The molecule has 2 aromatic carbocycles. The molecule has 0 radical (unpaired) electrons. The summed E-state index contributed by atoms with van der Waals surface area (Å²) in [6.07, 6.45) is 0. The second kappa shape index (κ2) is 9.06. The second-order valence-electron chi connectivity index (χ2n) is 6.41. The maximum absolute atomic E-state index is 13.2. The van der Waals surface area contributed by atoms with Crippen molar-refractivity contribution >= 4 is 57.0 Å². The third-order valence-electron chi connectivity index (χ3n) is 4.00. The largest absolute Gasteiger partial charge is 0.326 e. The van der Waals surface area contributed by atoms with Crippen LogP contribution in [0.15, 0.2) is 48.5 Å². The van der Waals surface area contributed by atoms with Gasteiger partial charge in [-0.25, -0.2) is 4.39 Å². The molecule has 3 N–H and O–H groups in total. The quantitative estimate of drug-likeness (QED) is 0.497. The van der Waals surface area contributed by atoms with E-state index in [1.807, 2.05) is 0 Å². The molecule has 0 unspecified atom stereocenters. The van der Waals surface area contributed by atoms with Crippen LogP contribution in [0, 0.1) is 12.7 Å². The number of hydrogen-bond acceptors (Lipinski definition) is 4. The van der Waals surface area contributed by atoms with Gasteiger partial charge in [-0.05, 0) is 61.0 Å². The zero-order valence-corrected chi connectivity index (χ0v) is 17.6. The molecule has 1 heterocycles. The molecule has 30 heavy (non-hydrogen) atoms. The summed E-state index contributed by atoms with van der Waals surface area (Å²) in [4.78, 5) is 36.5. The monoisotopic (exact) mass is 445 g/mol. The van der Waals surface area contributed by atoms with E-state index in [4.69, 9.17) is 11.6 Å². The Kier molecular flexibility index (Phi) is 6.49. The first-order chi connectivity index (χ1) is 14.2. The van der Waals surface area contributed by atoms with E-state index in [1.54, 1.807) is 37.3 Å². The smallest absolute Gasteiger partial charge is 0.266 e. The van der Waals surface area contributed by atoms with Gasteiger partial charge in [0.25, 0.3) is 11.8 Å². The lowest BCUT2D eigenvalue weighted by Crippen LogP contribution is -2.12. The van der Waals surface area contributed by atoms with E-state index in [0.717, 1.165) is 23.5 Å². The first kappa shape index (κ1) is 21.5. The van der Waals surface area contributed by atoms with Crippen LogP contribution in [0.3, 0.4) is 0 Å². The van der Waals surface area contributed by atoms with Crippen molar-refractivity contribution in [2.75, 3.05) is 16.0 Å². The van der Waals surface area contributed by atoms with Crippen molar-refractivity contribution in [3.63, 3.8) is 0 Å². The van der Waals surface area contributed by atoms with E-state index in [2.05, 4.69) is 16.0 Å². The highest BCUT2D eigenvalue weighted by Crippen LogP contribution is 2.29. The Hall–Kier alpha value is -3.23. The van der Waals surface area contributed by atoms with Crippen LogP contribution in [-0.4, -0.2) is 17.7 Å². The zero-order chi connectivity index (χ0) is 21.8. The first-order valence-electron chi connectivity index (χ1n) is 8.79. The van der Waals surface area contributed by atoms with Gasteiger partial charge in [0.15, 0.2) is 0 Å². The number of carbonyl (C=O) groups excluding carboxylic acids is 3. The molecule has 0 aliphatic carbocycles. The Morgan fingerprint density at radius 2 is 1.53 bits per heavy atom. The van der Waals surface area contributed by atoms with E-state index in [-0.39, 0.29) is 22.4 Å². The van der Waals surface area contributed by atoms with Crippen molar-refractivity contribution in [2.45, 2.75) is 13.8 Å². The van der Waals surface area contributed by atoms with Crippen LogP contribution >= 0.6 is 22.9 Å². The minimum atomic E-state index is -0.535. The molecule has 0 saturated heterocycles. The normalized spacial score (nSPS) is 10.4. The number of aryl methyl sites for hydroxylation is 1. The Morgan fingerprint density at radius 1 is 0.900 bits per heavy atom. The number of benzene rings is 2. The lowest BCUT2D eigenvalue weighted by Gasteiger charge is -2.06. The van der Waals surface area contributed by atoms with E-state index in [0.29, 0.717) is 26.8 Å². The van der Waals surface area contributed by atoms with Crippen molar-refractivity contribution in [3.8, 4) is 0 Å². The average molecular weight is 446 g/mol. The molecule has 0 bridgehead atoms. The number of nitrogens with one attached hydrogen (secondary N) is 3. The predicted molar refractivity (Wildman–Crippen MR) is 117 cm³/mol. The second-order valence-corrected chi connectivity index (χ2v) is 7.87. The van der Waals surface area contributed by atoms with E-state index in [1.165, 1.54) is 13.0 Å². The summed E-state index contributed by atoms with van der Waals surface area (Å²) in [6, 6.07) is 11.9. The molecule has 0 fully saturated rings. The molecule has 0 saturated carbocycles. The van der Waals surface area contributed by atoms with Crippen LogP contribution in [0.5, 0.6) is 0 Å². The van der Waals surface area contributed by atoms with Crippen LogP contribution in [0.2, 0.25) is 5.02 Å². The Morgan fingerprint density at radius 3 is 2.13 bits per heavy atom. The summed E-state index contributed by atoms with van der Waals surface area (Å²) < 4.78 is 13.2. The van der Waals surface area contributed by atoms with Gasteiger partial charge >= 0.3 is 0 Å². The number of hydrogen-bond donors (Lipinski definition) is 3. The molecule has 0 atom stereocenters. The fraction of sp³-hybridized carbons (Fsp3) is 0.0952. The van der Waals surface area contributed by atoms with Crippen LogP contribution in [-0.2, 0) is 4.79 Å². The SMILES string of the molecule is CC(=O)Nc1ccc(NC(=O)c2sc(NC(=O)c3ccc(F)cc3Cl)cc2C)cc1. The fourth-order valence-electron chi connectivity index (χ4n) is 2.65. The minimum absolute atomic E-state index is 0.00135. The molecule has 0 spiro atoms. The number of halogens is 2. The number of rotatable bonds is 5. The fourth-order valence-corrected chi connectivity index (χ4v) is 3.87. The Balaban J connectivity index is 1.69. The topological polar surface area (TPSA) is 87.3 Å². The Labute approximate surface area is 181 Å². The molecule has 3 rings (SSSR count). The summed E-state index contributed by atoms with van der Waals surface area (Å²) in [5.41, 5.74) is 2.00. The van der Waals surface area contributed by atoms with Gasteiger partial charge in [0.05, 0.1) is 20.5 Å². The van der Waals surface area contributed by atoms with Crippen LogP contribution in [0.25, 0.3) is 0 Å². The van der Waals surface area contributed by atoms with Gasteiger partial charge in [0, 0.05) is 18.3 Å². The van der Waals surface area contributed by atoms with Crippen LogP contribution in [0.1, 0.15) is 32.5 Å². The van der Waals surface area contributed by atoms with E-state index < -0.39 is 11.7 Å². The summed E-state index contributed by atoms with van der Waals surface area (Å²) in [6.45, 7) is 3.17. The van der Waals surface area contributed by atoms with Crippen LogP contribution in [0.4, 0.5) is 20.8 Å². The first-order valence-corrected chi connectivity index (χ1v) is 9.98. The molecular weight excluding hydrogens is 429 g/mol. The standard InChI is InChI=1S/C21H17ClFN3O3S/c1-11-9-18(26-20(28)16-8-3-13(23)10-17(16)22)30-19(11)21(29)25-15-6-4-14(5-7-15)24-12(2)27/h3-10H,1-2H3,(H,24,27)(H,25,29)(H,26,28). The van der Waals surface area contributed by atoms with Crippen LogP contribution < -0.4 is 16.0 Å². The third kappa shape index (κ3) is 5.22. The highest BCUT2D eigenvalue weighted by molar-refractivity contribution is 7.18. The molecule has 3 amide bonds. The summed E-state index contributed by atoms with van der Waals surface area (Å²) in [5, 5.41) is 8.56. The summed E-state index contributed by atoms with van der Waals surface area (Å²) in [5.74, 6) is -1.54. The maximum atomic E-state index is 13.2. The third-order valence-corrected chi connectivity index (χ3v) is 5.46. The van der Waals surface area contributed by atoms with E-state index in [9.17, 15) is 18.8 Å². The van der Waals surface area contributed by atoms with Gasteiger partial charge in [-0.1, -0.05) is 11.6 Å². The van der Waals surface area contributed by atoms with Crippen molar-refractivity contribution in [3.05, 3.63) is 75.4 Å². The lowest BCUT2D eigenvalue weighted by atomic mass is 10.2. The summed E-state index contributed by atoms with van der Waals surface area (Å²) >= 11 is 7.03. The van der Waals surface area contributed by atoms with E-state index >= 15 is 0 Å². The van der Waals surface area contributed by atoms with Crippen molar-refractivity contribution in [1.29, 1.82) is 0 Å². The highest BCUT2D eigenvalue weighted by atomic mass is 35.5. The minimum Gasteiger partial charge on any atom is -0.326 e. The van der Waals surface area contributed by atoms with Crippen molar-refractivity contribution in [2.24, 2.45) is 0 Å². The highest BCUT2D eigenvalue weighted by Gasteiger charge is 2.17. The molecule has 1 aromatic heterocycles. The van der Waals surface area contributed by atoms with Gasteiger partial charge in [-0.2, -0.15) is 0 Å². The van der Waals surface area contributed by atoms with Crippen molar-refractivity contribution < 1.29 is 18.8 Å². The van der Waals surface area contributed by atoms with Gasteiger partial charge in [-0.15, -0.1) is 11.3 Å². The van der Waals surface area contributed by atoms with Gasteiger partial charge in [0.2, 0.25) is 5.91 Å². The molecular formula is C21H17ClFN3O3S. The predicted octanol–water partition coefficient (Wildman–Crippen LogP) is 5.31.